The van der Waals surface area contributed by atoms with Crippen LogP contribution in [0.5, 0.6) is 0 Å². The van der Waals surface area contributed by atoms with E-state index in [-0.39, 0.29) is 43.9 Å². The molecule has 0 fully saturated rings. The number of rotatable bonds is 5. The summed E-state index contributed by atoms with van der Waals surface area (Å²) < 4.78 is 80.2. The summed E-state index contributed by atoms with van der Waals surface area (Å²) in [7, 11) is 0. The predicted octanol–water partition coefficient (Wildman–Crippen LogP) is 2.19. The van der Waals surface area contributed by atoms with Crippen molar-refractivity contribution in [1.29, 1.82) is 0 Å². The molecule has 0 spiro atoms. The minimum Gasteiger partial charge on any atom is -0.353 e. The zero-order valence-corrected chi connectivity index (χ0v) is 16.1. The van der Waals surface area contributed by atoms with Crippen molar-refractivity contribution in [1.82, 2.24) is 25.0 Å². The average Bonchev–Trinajstić information content (AvgIpc) is 3.09. The molecular formula is C18H17F6N5O2. The molecular weight excluding hydrogens is 432 g/mol. The van der Waals surface area contributed by atoms with Gasteiger partial charge in [-0.2, -0.15) is 13.2 Å². The summed E-state index contributed by atoms with van der Waals surface area (Å²) in [6.07, 6.45) is -5.31. The first-order valence-electron chi connectivity index (χ1n) is 9.13. The molecule has 31 heavy (non-hydrogen) atoms. The van der Waals surface area contributed by atoms with Gasteiger partial charge in [0, 0.05) is 38.5 Å². The molecule has 2 amide bonds. The molecule has 1 aromatic carbocycles. The van der Waals surface area contributed by atoms with E-state index in [0.29, 0.717) is 12.1 Å². The van der Waals surface area contributed by atoms with Crippen LogP contribution in [-0.4, -0.2) is 44.1 Å². The molecule has 0 aliphatic carbocycles. The summed E-state index contributed by atoms with van der Waals surface area (Å²) in [5.41, 5.74) is -0.237. The summed E-state index contributed by atoms with van der Waals surface area (Å²) in [5.74, 6) is -5.95. The van der Waals surface area contributed by atoms with Gasteiger partial charge in [0.1, 0.15) is 5.82 Å². The van der Waals surface area contributed by atoms with Crippen molar-refractivity contribution in [3.8, 4) is 0 Å². The van der Waals surface area contributed by atoms with E-state index >= 15 is 0 Å². The average molecular weight is 449 g/mol. The number of benzene rings is 1. The maximum atomic E-state index is 14.0. The van der Waals surface area contributed by atoms with Gasteiger partial charge in [-0.3, -0.25) is 9.59 Å². The fourth-order valence-electron chi connectivity index (χ4n) is 3.37. The molecule has 0 saturated carbocycles. The molecule has 2 heterocycles. The molecule has 0 saturated heterocycles. The lowest BCUT2D eigenvalue weighted by Crippen LogP contribution is -2.44. The summed E-state index contributed by atoms with van der Waals surface area (Å²) in [6, 6.07) is 0.0637. The van der Waals surface area contributed by atoms with Crippen molar-refractivity contribution in [2.75, 3.05) is 6.54 Å². The molecule has 2 aromatic rings. The monoisotopic (exact) mass is 449 g/mol. The standard InChI is InChI=1S/C18H17F6N5O2/c1-9(30)25-11(4-10-5-13(20)14(21)7-12(10)19)6-16(31)28-2-3-29-15(8-28)26-27-17(29)18(22,23)24/h5,7,11H,2-4,6,8H2,1H3,(H,25,30)/t11-/m1/s1. The third-order valence-electron chi connectivity index (χ3n) is 4.74. The Kier molecular flexibility index (Phi) is 6.23. The zero-order valence-electron chi connectivity index (χ0n) is 16.1. The molecule has 1 aromatic heterocycles. The number of hydrogen-bond acceptors (Lipinski definition) is 4. The summed E-state index contributed by atoms with van der Waals surface area (Å²) in [4.78, 5) is 25.4. The second-order valence-corrected chi connectivity index (χ2v) is 7.07. The smallest absolute Gasteiger partial charge is 0.353 e. The highest BCUT2D eigenvalue weighted by Gasteiger charge is 2.40. The van der Waals surface area contributed by atoms with Crippen LogP contribution in [0.15, 0.2) is 12.1 Å². The van der Waals surface area contributed by atoms with E-state index in [2.05, 4.69) is 15.5 Å². The van der Waals surface area contributed by atoms with Crippen molar-refractivity contribution in [2.45, 2.75) is 45.1 Å². The van der Waals surface area contributed by atoms with E-state index in [1.165, 1.54) is 11.8 Å². The van der Waals surface area contributed by atoms with E-state index < -0.39 is 47.3 Å². The van der Waals surface area contributed by atoms with Crippen LogP contribution in [0.1, 0.15) is 30.6 Å². The van der Waals surface area contributed by atoms with E-state index in [1.54, 1.807) is 0 Å². The summed E-state index contributed by atoms with van der Waals surface area (Å²) in [6.45, 7) is 0.708. The molecule has 13 heteroatoms. The number of fused-ring (bicyclic) bond motifs is 1. The van der Waals surface area contributed by atoms with Crippen LogP contribution < -0.4 is 5.32 Å². The zero-order chi connectivity index (χ0) is 22.9. The molecule has 1 N–H and O–H groups in total. The Morgan fingerprint density at radius 3 is 2.42 bits per heavy atom. The third-order valence-corrected chi connectivity index (χ3v) is 4.74. The second-order valence-electron chi connectivity index (χ2n) is 7.07. The van der Waals surface area contributed by atoms with Crippen LogP contribution >= 0.6 is 0 Å². The highest BCUT2D eigenvalue weighted by molar-refractivity contribution is 5.79. The third kappa shape index (κ3) is 5.14. The Hall–Kier alpha value is -3.12. The number of amides is 2. The normalized spacial score (nSPS) is 14.9. The van der Waals surface area contributed by atoms with Crippen LogP contribution in [0.2, 0.25) is 0 Å². The van der Waals surface area contributed by atoms with Gasteiger partial charge in [0.05, 0.1) is 6.54 Å². The summed E-state index contributed by atoms with van der Waals surface area (Å²) >= 11 is 0. The van der Waals surface area contributed by atoms with Gasteiger partial charge in [-0.25, -0.2) is 13.2 Å². The largest absolute Gasteiger partial charge is 0.451 e. The Labute approximate surface area is 172 Å². The van der Waals surface area contributed by atoms with E-state index in [0.717, 1.165) is 4.57 Å². The lowest BCUT2D eigenvalue weighted by Gasteiger charge is -2.29. The molecule has 7 nitrogen and oxygen atoms in total. The molecule has 3 rings (SSSR count). The highest BCUT2D eigenvalue weighted by atomic mass is 19.4. The van der Waals surface area contributed by atoms with Gasteiger partial charge in [0.2, 0.25) is 17.6 Å². The summed E-state index contributed by atoms with van der Waals surface area (Å²) in [5, 5.41) is 9.06. The van der Waals surface area contributed by atoms with Gasteiger partial charge in [-0.05, 0) is 18.1 Å². The fraction of sp³-hybridized carbons (Fsp3) is 0.444. The quantitative estimate of drug-likeness (QED) is 0.561. The van der Waals surface area contributed by atoms with Crippen molar-refractivity contribution >= 4 is 11.8 Å². The molecule has 168 valence electrons. The van der Waals surface area contributed by atoms with Gasteiger partial charge in [-0.15, -0.1) is 10.2 Å². The van der Waals surface area contributed by atoms with Gasteiger partial charge < -0.3 is 14.8 Å². The van der Waals surface area contributed by atoms with Gasteiger partial charge >= 0.3 is 6.18 Å². The Balaban J connectivity index is 1.72. The number of carbonyl (C=O) groups excluding carboxylic acids is 2. The Morgan fingerprint density at radius 2 is 1.77 bits per heavy atom. The van der Waals surface area contributed by atoms with Crippen LogP contribution in [0.25, 0.3) is 0 Å². The SMILES string of the molecule is CC(=O)N[C@@H](CC(=O)N1CCn2c(nnc2C(F)(F)F)C1)Cc1cc(F)c(F)cc1F. The van der Waals surface area contributed by atoms with Crippen molar-refractivity contribution in [3.05, 3.63) is 46.8 Å². The van der Waals surface area contributed by atoms with Crippen LogP contribution in [0.3, 0.4) is 0 Å². The van der Waals surface area contributed by atoms with Gasteiger partial charge in [0.25, 0.3) is 0 Å². The number of nitrogens with one attached hydrogen (secondary N) is 1. The van der Waals surface area contributed by atoms with Gasteiger partial charge in [0.15, 0.2) is 17.5 Å². The van der Waals surface area contributed by atoms with Crippen molar-refractivity contribution < 1.29 is 35.9 Å². The Bertz CT molecular complexity index is 1010. The van der Waals surface area contributed by atoms with Crippen molar-refractivity contribution in [3.63, 3.8) is 0 Å². The first-order valence-corrected chi connectivity index (χ1v) is 9.13. The molecule has 1 aliphatic rings. The second kappa shape index (κ2) is 8.55. The van der Waals surface area contributed by atoms with E-state index in [1.807, 2.05) is 0 Å². The number of aromatic nitrogens is 3. The molecule has 1 aliphatic heterocycles. The van der Waals surface area contributed by atoms with E-state index in [4.69, 9.17) is 0 Å². The number of halogens is 6. The fourth-order valence-corrected chi connectivity index (χ4v) is 3.37. The maximum absolute atomic E-state index is 14.0. The van der Waals surface area contributed by atoms with Gasteiger partial charge in [-0.1, -0.05) is 0 Å². The van der Waals surface area contributed by atoms with Crippen LogP contribution in [-0.2, 0) is 35.3 Å². The highest BCUT2D eigenvalue weighted by Crippen LogP contribution is 2.29. The lowest BCUT2D eigenvalue weighted by molar-refractivity contribution is -0.148. The van der Waals surface area contributed by atoms with Crippen molar-refractivity contribution in [2.24, 2.45) is 0 Å². The first-order chi connectivity index (χ1) is 14.5. The molecule has 0 bridgehead atoms. The Morgan fingerprint density at radius 1 is 1.10 bits per heavy atom. The topological polar surface area (TPSA) is 80.1 Å². The van der Waals surface area contributed by atoms with Crippen LogP contribution in [0.4, 0.5) is 26.3 Å². The van der Waals surface area contributed by atoms with Crippen LogP contribution in [0, 0.1) is 17.5 Å². The lowest BCUT2D eigenvalue weighted by atomic mass is 10.0. The first kappa shape index (κ1) is 22.6. The minimum absolute atomic E-state index is 0.0466. The maximum Gasteiger partial charge on any atom is 0.451 e. The number of hydrogen-bond donors (Lipinski definition) is 1. The predicted molar refractivity (Wildman–Crippen MR) is 92.7 cm³/mol. The van der Waals surface area contributed by atoms with E-state index in [9.17, 15) is 35.9 Å². The number of alkyl halides is 3. The molecule has 0 unspecified atom stereocenters. The minimum atomic E-state index is -4.68. The molecule has 0 radical (unpaired) electrons. The number of carbonyl (C=O) groups is 2. The number of nitrogens with zero attached hydrogens (tertiary/aromatic N) is 4. The molecule has 1 atom stereocenters.